The Kier molecular flexibility index (Phi) is 7.44. The van der Waals surface area contributed by atoms with Crippen molar-refractivity contribution in [2.45, 2.75) is 25.8 Å². The van der Waals surface area contributed by atoms with E-state index in [-0.39, 0.29) is 0 Å². The Bertz CT molecular complexity index is 312. The minimum atomic E-state index is 0.788. The number of aryl methyl sites for hydroxylation is 1. The summed E-state index contributed by atoms with van der Waals surface area (Å²) in [5, 5.41) is 3.34. The van der Waals surface area contributed by atoms with Crippen molar-refractivity contribution in [1.29, 1.82) is 0 Å². The van der Waals surface area contributed by atoms with E-state index < -0.39 is 0 Å². The molecule has 1 aromatic heterocycles. The Morgan fingerprint density at radius 3 is 2.89 bits per heavy atom. The van der Waals surface area contributed by atoms with E-state index in [1.165, 1.54) is 12.8 Å². The van der Waals surface area contributed by atoms with Gasteiger partial charge in [0.05, 0.1) is 0 Å². The normalized spacial score (nSPS) is 11.1. The van der Waals surface area contributed by atoms with Crippen LogP contribution in [0, 0.1) is 0 Å². The molecule has 5 nitrogen and oxygen atoms in total. The van der Waals surface area contributed by atoms with Gasteiger partial charge in [-0.05, 0) is 39.9 Å². The number of ether oxygens (including phenoxy) is 1. The number of hydrogen-bond donors (Lipinski definition) is 1. The summed E-state index contributed by atoms with van der Waals surface area (Å²) in [7, 11) is 5.95. The first-order valence-electron chi connectivity index (χ1n) is 6.62. The summed E-state index contributed by atoms with van der Waals surface area (Å²) in [6.45, 7) is 3.87. The molecule has 0 aromatic carbocycles. The second-order valence-corrected chi connectivity index (χ2v) is 4.73. The van der Waals surface area contributed by atoms with Crippen LogP contribution in [0.4, 0.5) is 5.95 Å². The minimum absolute atomic E-state index is 0.788. The second-order valence-electron chi connectivity index (χ2n) is 4.73. The summed E-state index contributed by atoms with van der Waals surface area (Å²) in [6, 6.07) is 0. The van der Waals surface area contributed by atoms with Crippen molar-refractivity contribution < 1.29 is 4.74 Å². The Morgan fingerprint density at radius 1 is 1.33 bits per heavy atom. The third-order valence-electron chi connectivity index (χ3n) is 2.78. The monoisotopic (exact) mass is 254 g/mol. The van der Waals surface area contributed by atoms with E-state index in [0.29, 0.717) is 0 Å². The average Bonchev–Trinajstić information content (AvgIpc) is 2.78. The molecule has 5 heteroatoms. The van der Waals surface area contributed by atoms with Gasteiger partial charge in [0, 0.05) is 39.2 Å². The van der Waals surface area contributed by atoms with Crippen LogP contribution in [0.3, 0.4) is 0 Å². The summed E-state index contributed by atoms with van der Waals surface area (Å²) in [4.78, 5) is 6.55. The number of unbranched alkanes of at least 4 members (excludes halogenated alkanes) is 1. The van der Waals surface area contributed by atoms with E-state index in [0.717, 1.165) is 38.6 Å². The average molecular weight is 254 g/mol. The molecule has 0 radical (unpaired) electrons. The lowest BCUT2D eigenvalue weighted by Gasteiger charge is -2.11. The quantitative estimate of drug-likeness (QED) is 0.645. The Morgan fingerprint density at radius 2 is 2.17 bits per heavy atom. The van der Waals surface area contributed by atoms with Crippen molar-refractivity contribution in [3.8, 4) is 0 Å². The van der Waals surface area contributed by atoms with Gasteiger partial charge in [-0.25, -0.2) is 4.98 Å². The first kappa shape index (κ1) is 15.0. The third kappa shape index (κ3) is 6.02. The van der Waals surface area contributed by atoms with E-state index in [2.05, 4.69) is 33.9 Å². The predicted octanol–water partition coefficient (Wildman–Crippen LogP) is 1.67. The molecule has 0 spiro atoms. The molecule has 0 bridgehead atoms. The van der Waals surface area contributed by atoms with Gasteiger partial charge < -0.3 is 19.5 Å². The maximum Gasteiger partial charge on any atom is 0.202 e. The highest BCUT2D eigenvalue weighted by atomic mass is 16.5. The molecular formula is C13H26N4O. The van der Waals surface area contributed by atoms with Crippen LogP contribution in [0.25, 0.3) is 0 Å². The fourth-order valence-electron chi connectivity index (χ4n) is 1.78. The van der Waals surface area contributed by atoms with Crippen LogP contribution in [-0.4, -0.2) is 55.4 Å². The predicted molar refractivity (Wildman–Crippen MR) is 75.0 cm³/mol. The molecule has 0 unspecified atom stereocenters. The zero-order chi connectivity index (χ0) is 13.2. The van der Waals surface area contributed by atoms with Gasteiger partial charge in [0.25, 0.3) is 0 Å². The molecule has 1 heterocycles. The van der Waals surface area contributed by atoms with Crippen molar-refractivity contribution in [2.24, 2.45) is 0 Å². The second kappa shape index (κ2) is 8.94. The van der Waals surface area contributed by atoms with Crippen molar-refractivity contribution in [2.75, 3.05) is 46.2 Å². The smallest absolute Gasteiger partial charge is 0.202 e. The third-order valence-corrected chi connectivity index (χ3v) is 2.78. The van der Waals surface area contributed by atoms with Gasteiger partial charge in [0.1, 0.15) is 0 Å². The first-order chi connectivity index (χ1) is 8.74. The lowest BCUT2D eigenvalue weighted by atomic mass is 10.3. The molecule has 0 aliphatic carbocycles. The largest absolute Gasteiger partial charge is 0.385 e. The lowest BCUT2D eigenvalue weighted by molar-refractivity contribution is 0.197. The fraction of sp³-hybridized carbons (Fsp3) is 0.769. The summed E-state index contributed by atoms with van der Waals surface area (Å²) in [5.41, 5.74) is 0. The Hall–Kier alpha value is -1.07. The molecule has 0 saturated heterocycles. The Balaban J connectivity index is 2.22. The number of rotatable bonds is 10. The maximum atomic E-state index is 5.02. The summed E-state index contributed by atoms with van der Waals surface area (Å²) in [6.07, 6.45) is 7.29. The standard InChI is InChI=1S/C13H26N4O/c1-16(2)9-4-5-10-17-11-8-15-13(17)14-7-6-12-18-3/h8,11H,4-7,9-10,12H2,1-3H3,(H,14,15). The SMILES string of the molecule is COCCCNc1nccn1CCCCN(C)C. The van der Waals surface area contributed by atoms with Gasteiger partial charge in [-0.2, -0.15) is 0 Å². The van der Waals surface area contributed by atoms with E-state index >= 15 is 0 Å². The number of imidazole rings is 1. The zero-order valence-electron chi connectivity index (χ0n) is 11.9. The van der Waals surface area contributed by atoms with E-state index in [9.17, 15) is 0 Å². The van der Waals surface area contributed by atoms with Crippen LogP contribution in [0.1, 0.15) is 19.3 Å². The van der Waals surface area contributed by atoms with Gasteiger partial charge in [-0.1, -0.05) is 0 Å². The van der Waals surface area contributed by atoms with Crippen molar-refractivity contribution in [3.63, 3.8) is 0 Å². The van der Waals surface area contributed by atoms with Gasteiger partial charge in [0.2, 0.25) is 5.95 Å². The van der Waals surface area contributed by atoms with Crippen molar-refractivity contribution in [3.05, 3.63) is 12.4 Å². The molecule has 1 N–H and O–H groups in total. The summed E-state index contributed by atoms with van der Waals surface area (Å²) in [5.74, 6) is 0.968. The summed E-state index contributed by atoms with van der Waals surface area (Å²) >= 11 is 0. The van der Waals surface area contributed by atoms with E-state index in [1.54, 1.807) is 7.11 Å². The number of methoxy groups -OCH3 is 1. The van der Waals surface area contributed by atoms with Crippen LogP contribution < -0.4 is 5.32 Å². The first-order valence-corrected chi connectivity index (χ1v) is 6.62. The molecule has 0 saturated carbocycles. The molecule has 0 aliphatic heterocycles. The van der Waals surface area contributed by atoms with Crippen LogP contribution in [0.5, 0.6) is 0 Å². The fourth-order valence-corrected chi connectivity index (χ4v) is 1.78. The lowest BCUT2D eigenvalue weighted by Crippen LogP contribution is -2.14. The number of hydrogen-bond acceptors (Lipinski definition) is 4. The number of nitrogens with one attached hydrogen (secondary N) is 1. The number of aromatic nitrogens is 2. The zero-order valence-corrected chi connectivity index (χ0v) is 11.9. The van der Waals surface area contributed by atoms with E-state index in [4.69, 9.17) is 4.74 Å². The minimum Gasteiger partial charge on any atom is -0.385 e. The van der Waals surface area contributed by atoms with Gasteiger partial charge >= 0.3 is 0 Å². The molecule has 1 rings (SSSR count). The van der Waals surface area contributed by atoms with Crippen LogP contribution in [0.15, 0.2) is 12.4 Å². The highest BCUT2D eigenvalue weighted by Gasteiger charge is 2.01. The highest BCUT2D eigenvalue weighted by Crippen LogP contribution is 2.06. The molecule has 0 fully saturated rings. The molecule has 1 aromatic rings. The van der Waals surface area contributed by atoms with Crippen LogP contribution in [0.2, 0.25) is 0 Å². The molecule has 0 amide bonds. The molecule has 104 valence electrons. The molecule has 18 heavy (non-hydrogen) atoms. The highest BCUT2D eigenvalue weighted by molar-refractivity contribution is 5.25. The molecule has 0 aliphatic rings. The molecule has 0 atom stereocenters. The van der Waals surface area contributed by atoms with Crippen molar-refractivity contribution in [1.82, 2.24) is 14.5 Å². The van der Waals surface area contributed by atoms with Gasteiger partial charge in [0.15, 0.2) is 0 Å². The topological polar surface area (TPSA) is 42.3 Å². The van der Waals surface area contributed by atoms with E-state index in [1.807, 2.05) is 12.4 Å². The number of nitrogens with zero attached hydrogens (tertiary/aromatic N) is 3. The van der Waals surface area contributed by atoms with Gasteiger partial charge in [-0.3, -0.25) is 0 Å². The number of anilines is 1. The van der Waals surface area contributed by atoms with Crippen LogP contribution >= 0.6 is 0 Å². The van der Waals surface area contributed by atoms with Gasteiger partial charge in [-0.15, -0.1) is 0 Å². The Labute approximate surface area is 110 Å². The van der Waals surface area contributed by atoms with Crippen molar-refractivity contribution >= 4 is 5.95 Å². The van der Waals surface area contributed by atoms with Crippen LogP contribution in [-0.2, 0) is 11.3 Å². The molecular weight excluding hydrogens is 228 g/mol. The maximum absolute atomic E-state index is 5.02. The summed E-state index contributed by atoms with van der Waals surface area (Å²) < 4.78 is 7.20.